The van der Waals surface area contributed by atoms with E-state index in [0.717, 1.165) is 16.8 Å². The van der Waals surface area contributed by atoms with Gasteiger partial charge in [-0.25, -0.2) is 4.79 Å². The summed E-state index contributed by atoms with van der Waals surface area (Å²) in [6, 6.07) is 12.7. The predicted octanol–water partition coefficient (Wildman–Crippen LogP) is 2.70. The van der Waals surface area contributed by atoms with Crippen LogP contribution < -0.4 is 11.1 Å². The third-order valence-electron chi connectivity index (χ3n) is 4.81. The number of anilines is 1. The van der Waals surface area contributed by atoms with Crippen molar-refractivity contribution in [3.63, 3.8) is 0 Å². The number of hydrogen-bond donors (Lipinski definition) is 1. The van der Waals surface area contributed by atoms with Crippen LogP contribution in [0.1, 0.15) is 17.5 Å². The molecule has 1 aromatic heterocycles. The minimum absolute atomic E-state index is 0.0623. The van der Waals surface area contributed by atoms with Crippen molar-refractivity contribution in [1.29, 1.82) is 0 Å². The van der Waals surface area contributed by atoms with E-state index < -0.39 is 5.76 Å². The molecule has 2 amide bonds. The molecule has 3 rings (SSSR count). The van der Waals surface area contributed by atoms with E-state index in [1.807, 2.05) is 32.0 Å². The Bertz CT molecular complexity index is 1080. The Hall–Kier alpha value is -3.35. The summed E-state index contributed by atoms with van der Waals surface area (Å²) in [4.78, 5) is 38.0. The maximum Gasteiger partial charge on any atom is 0.419 e. The standard InChI is InChI=1S/C21H23N3O4/c1-14-7-6-8-16(15(14)2)22-19(25)13-23(3)20(26)11-12-24-17-9-4-5-10-18(17)28-21(24)27/h4-10H,11-13H2,1-3H3,(H,22,25). The molecule has 0 radical (unpaired) electrons. The molecule has 1 N–H and O–H groups in total. The summed E-state index contributed by atoms with van der Waals surface area (Å²) in [5.74, 6) is -0.993. The third-order valence-corrected chi connectivity index (χ3v) is 4.81. The number of likely N-dealkylation sites (N-methyl/N-ethyl adjacent to an activating group) is 1. The number of carbonyl (C=O) groups excluding carboxylic acids is 2. The second-order valence-corrected chi connectivity index (χ2v) is 6.78. The van der Waals surface area contributed by atoms with Gasteiger partial charge in [-0.1, -0.05) is 24.3 Å². The van der Waals surface area contributed by atoms with E-state index >= 15 is 0 Å². The number of nitrogens with one attached hydrogen (secondary N) is 1. The summed E-state index contributed by atoms with van der Waals surface area (Å²) in [6.07, 6.45) is 0.0939. The minimum Gasteiger partial charge on any atom is -0.408 e. The molecule has 0 aliphatic carbocycles. The molecule has 0 spiro atoms. The Labute approximate surface area is 162 Å². The van der Waals surface area contributed by atoms with Crippen LogP contribution in [0.2, 0.25) is 0 Å². The second-order valence-electron chi connectivity index (χ2n) is 6.78. The van der Waals surface area contributed by atoms with Gasteiger partial charge < -0.3 is 14.6 Å². The Morgan fingerprint density at radius 1 is 1.11 bits per heavy atom. The fourth-order valence-electron chi connectivity index (χ4n) is 3.00. The summed E-state index contributed by atoms with van der Waals surface area (Å²) >= 11 is 0. The van der Waals surface area contributed by atoms with Gasteiger partial charge in [0.2, 0.25) is 11.8 Å². The van der Waals surface area contributed by atoms with Crippen molar-refractivity contribution in [1.82, 2.24) is 9.47 Å². The number of aryl methyl sites for hydroxylation is 2. The maximum absolute atomic E-state index is 12.4. The van der Waals surface area contributed by atoms with E-state index in [2.05, 4.69) is 5.32 Å². The van der Waals surface area contributed by atoms with E-state index in [0.29, 0.717) is 11.1 Å². The number of fused-ring (bicyclic) bond motifs is 1. The van der Waals surface area contributed by atoms with Crippen LogP contribution in [-0.4, -0.2) is 34.9 Å². The Morgan fingerprint density at radius 3 is 2.64 bits per heavy atom. The van der Waals surface area contributed by atoms with Gasteiger partial charge in [0.15, 0.2) is 5.58 Å². The first-order valence-electron chi connectivity index (χ1n) is 9.05. The lowest BCUT2D eigenvalue weighted by atomic mass is 10.1. The first-order valence-corrected chi connectivity index (χ1v) is 9.05. The molecule has 0 fully saturated rings. The van der Waals surface area contributed by atoms with Crippen molar-refractivity contribution in [2.24, 2.45) is 0 Å². The number of aromatic nitrogens is 1. The zero-order valence-corrected chi connectivity index (χ0v) is 16.2. The van der Waals surface area contributed by atoms with Gasteiger partial charge in [-0.2, -0.15) is 0 Å². The minimum atomic E-state index is -0.496. The normalized spacial score (nSPS) is 10.8. The highest BCUT2D eigenvalue weighted by atomic mass is 16.4. The van der Waals surface area contributed by atoms with Gasteiger partial charge in [0.25, 0.3) is 0 Å². The smallest absolute Gasteiger partial charge is 0.408 e. The molecule has 28 heavy (non-hydrogen) atoms. The molecule has 146 valence electrons. The topological polar surface area (TPSA) is 84.5 Å². The van der Waals surface area contributed by atoms with Crippen LogP contribution >= 0.6 is 0 Å². The van der Waals surface area contributed by atoms with Gasteiger partial charge in [-0.05, 0) is 43.2 Å². The Balaban J connectivity index is 1.58. The molecule has 7 nitrogen and oxygen atoms in total. The predicted molar refractivity (Wildman–Crippen MR) is 107 cm³/mol. The van der Waals surface area contributed by atoms with Crippen molar-refractivity contribution in [3.8, 4) is 0 Å². The number of benzene rings is 2. The van der Waals surface area contributed by atoms with Gasteiger partial charge >= 0.3 is 5.76 Å². The molecule has 0 saturated carbocycles. The van der Waals surface area contributed by atoms with Crippen LogP contribution in [0.25, 0.3) is 11.1 Å². The van der Waals surface area contributed by atoms with Gasteiger partial charge in [0.05, 0.1) is 12.1 Å². The molecule has 1 heterocycles. The number of para-hydroxylation sites is 2. The number of oxazole rings is 1. The highest BCUT2D eigenvalue weighted by molar-refractivity contribution is 5.95. The van der Waals surface area contributed by atoms with E-state index in [9.17, 15) is 14.4 Å². The Morgan fingerprint density at radius 2 is 1.86 bits per heavy atom. The molecule has 0 aliphatic heterocycles. The average molecular weight is 381 g/mol. The maximum atomic E-state index is 12.4. The lowest BCUT2D eigenvalue weighted by molar-refractivity contribution is -0.133. The highest BCUT2D eigenvalue weighted by Gasteiger charge is 2.16. The number of hydrogen-bond acceptors (Lipinski definition) is 4. The molecule has 0 bridgehead atoms. The number of rotatable bonds is 6. The molecule has 3 aromatic rings. The molecule has 2 aromatic carbocycles. The van der Waals surface area contributed by atoms with Crippen LogP contribution in [-0.2, 0) is 16.1 Å². The first kappa shape index (κ1) is 19.4. The van der Waals surface area contributed by atoms with E-state index in [1.165, 1.54) is 9.47 Å². The van der Waals surface area contributed by atoms with Crippen molar-refractivity contribution >= 4 is 28.6 Å². The largest absolute Gasteiger partial charge is 0.419 e. The van der Waals surface area contributed by atoms with Gasteiger partial charge in [-0.15, -0.1) is 0 Å². The van der Waals surface area contributed by atoms with E-state index in [4.69, 9.17) is 4.42 Å². The molecule has 0 unspecified atom stereocenters. The third kappa shape index (κ3) is 4.14. The lowest BCUT2D eigenvalue weighted by Crippen LogP contribution is -2.35. The van der Waals surface area contributed by atoms with Crippen molar-refractivity contribution in [2.45, 2.75) is 26.8 Å². The van der Waals surface area contributed by atoms with Crippen molar-refractivity contribution in [3.05, 3.63) is 64.1 Å². The SMILES string of the molecule is Cc1cccc(NC(=O)CN(C)C(=O)CCn2c(=O)oc3ccccc32)c1C. The van der Waals surface area contributed by atoms with E-state index in [-0.39, 0.29) is 31.3 Å². The summed E-state index contributed by atoms with van der Waals surface area (Å²) in [5, 5.41) is 2.84. The zero-order valence-electron chi connectivity index (χ0n) is 16.2. The number of carbonyl (C=O) groups is 2. The molecule has 0 aliphatic rings. The van der Waals surface area contributed by atoms with Gasteiger partial charge in [-0.3, -0.25) is 14.2 Å². The molecule has 7 heteroatoms. The fraction of sp³-hybridized carbons (Fsp3) is 0.286. The van der Waals surface area contributed by atoms with Crippen molar-refractivity contribution in [2.75, 3.05) is 18.9 Å². The van der Waals surface area contributed by atoms with Gasteiger partial charge in [0, 0.05) is 25.7 Å². The van der Waals surface area contributed by atoms with Crippen LogP contribution in [0.3, 0.4) is 0 Å². The van der Waals surface area contributed by atoms with E-state index in [1.54, 1.807) is 31.3 Å². The van der Waals surface area contributed by atoms with Gasteiger partial charge in [0.1, 0.15) is 0 Å². The van der Waals surface area contributed by atoms with Crippen LogP contribution in [0, 0.1) is 13.8 Å². The highest BCUT2D eigenvalue weighted by Crippen LogP contribution is 2.18. The average Bonchev–Trinajstić information content (AvgIpc) is 2.98. The monoisotopic (exact) mass is 381 g/mol. The number of amides is 2. The number of nitrogens with zero attached hydrogens (tertiary/aromatic N) is 2. The zero-order chi connectivity index (χ0) is 20.3. The fourth-order valence-corrected chi connectivity index (χ4v) is 3.00. The molecular weight excluding hydrogens is 358 g/mol. The first-order chi connectivity index (χ1) is 13.4. The summed E-state index contributed by atoms with van der Waals surface area (Å²) in [6.45, 7) is 4.04. The summed E-state index contributed by atoms with van der Waals surface area (Å²) < 4.78 is 6.59. The second kappa shape index (κ2) is 8.12. The summed E-state index contributed by atoms with van der Waals surface area (Å²) in [7, 11) is 1.57. The molecular formula is C21H23N3O4. The van der Waals surface area contributed by atoms with Crippen molar-refractivity contribution < 1.29 is 14.0 Å². The molecule has 0 saturated heterocycles. The van der Waals surface area contributed by atoms with Crippen LogP contribution in [0.15, 0.2) is 51.7 Å². The quantitative estimate of drug-likeness (QED) is 0.711. The Kier molecular flexibility index (Phi) is 5.63. The van der Waals surface area contributed by atoms with Crippen LogP contribution in [0.5, 0.6) is 0 Å². The van der Waals surface area contributed by atoms with Crippen LogP contribution in [0.4, 0.5) is 5.69 Å². The lowest BCUT2D eigenvalue weighted by Gasteiger charge is -2.18. The summed E-state index contributed by atoms with van der Waals surface area (Å²) in [5.41, 5.74) is 3.95. The molecule has 0 atom stereocenters.